The molecule has 0 spiro atoms. The number of ether oxygens (including phenoxy) is 1. The number of nitrogens with zero attached hydrogens (tertiary/aromatic N) is 1. The number of carbonyl (C=O) groups is 1. The number of piperidine rings is 1. The molecule has 1 aliphatic carbocycles. The summed E-state index contributed by atoms with van der Waals surface area (Å²) in [6.07, 6.45) is 1.19. The van der Waals surface area contributed by atoms with Crippen LogP contribution in [0.2, 0.25) is 0 Å². The molecule has 1 N–H and O–H groups in total. The Morgan fingerprint density at radius 1 is 1.40 bits per heavy atom. The lowest BCUT2D eigenvalue weighted by Crippen LogP contribution is -2.44. The SMILES string of the molecule is CC(C)(C)OC(=O)N1C[C@H]2C[C@@H]1CC2O. The van der Waals surface area contributed by atoms with Gasteiger partial charge in [-0.2, -0.15) is 0 Å². The summed E-state index contributed by atoms with van der Waals surface area (Å²) in [5, 5.41) is 9.57. The minimum absolute atomic E-state index is 0.194. The van der Waals surface area contributed by atoms with E-state index in [1.165, 1.54) is 0 Å². The largest absolute Gasteiger partial charge is 0.444 e. The smallest absolute Gasteiger partial charge is 0.410 e. The Bertz CT molecular complexity index is 269. The third-order valence-electron chi connectivity index (χ3n) is 3.13. The fraction of sp³-hybridized carbons (Fsp3) is 0.909. The van der Waals surface area contributed by atoms with E-state index < -0.39 is 5.60 Å². The second-order valence-corrected chi connectivity index (χ2v) is 5.59. The van der Waals surface area contributed by atoms with Crippen LogP contribution in [0, 0.1) is 5.92 Å². The molecule has 1 aliphatic heterocycles. The van der Waals surface area contributed by atoms with Crippen LogP contribution in [0.15, 0.2) is 0 Å². The average Bonchev–Trinajstić information content (AvgIpc) is 2.58. The van der Waals surface area contributed by atoms with E-state index in [4.69, 9.17) is 4.74 Å². The van der Waals surface area contributed by atoms with Crippen molar-refractivity contribution in [1.82, 2.24) is 4.90 Å². The summed E-state index contributed by atoms with van der Waals surface area (Å²) in [5.74, 6) is 0.266. The molecule has 1 unspecified atom stereocenters. The van der Waals surface area contributed by atoms with Gasteiger partial charge >= 0.3 is 6.09 Å². The van der Waals surface area contributed by atoms with E-state index in [0.717, 1.165) is 6.42 Å². The first kappa shape index (κ1) is 10.7. The van der Waals surface area contributed by atoms with Gasteiger partial charge in [-0.15, -0.1) is 0 Å². The maximum absolute atomic E-state index is 11.8. The number of carbonyl (C=O) groups excluding carboxylic acids is 1. The topological polar surface area (TPSA) is 49.8 Å². The van der Waals surface area contributed by atoms with Crippen LogP contribution in [-0.2, 0) is 4.74 Å². The van der Waals surface area contributed by atoms with Crippen molar-refractivity contribution in [3.8, 4) is 0 Å². The van der Waals surface area contributed by atoms with Crippen molar-refractivity contribution >= 4 is 6.09 Å². The van der Waals surface area contributed by atoms with Crippen LogP contribution in [-0.4, -0.2) is 40.4 Å². The number of aliphatic hydroxyl groups is 1. The number of hydrogen-bond donors (Lipinski definition) is 1. The van der Waals surface area contributed by atoms with Gasteiger partial charge in [-0.05, 0) is 33.6 Å². The van der Waals surface area contributed by atoms with E-state index >= 15 is 0 Å². The highest BCUT2D eigenvalue weighted by Crippen LogP contribution is 2.38. The Morgan fingerprint density at radius 2 is 2.07 bits per heavy atom. The molecule has 2 aliphatic rings. The number of hydrogen-bond acceptors (Lipinski definition) is 3. The monoisotopic (exact) mass is 213 g/mol. The van der Waals surface area contributed by atoms with E-state index in [9.17, 15) is 9.90 Å². The highest BCUT2D eigenvalue weighted by molar-refractivity contribution is 5.69. The molecule has 0 radical (unpaired) electrons. The predicted octanol–water partition coefficient (Wildman–Crippen LogP) is 1.38. The van der Waals surface area contributed by atoms with Crippen molar-refractivity contribution in [3.05, 3.63) is 0 Å². The molecule has 15 heavy (non-hydrogen) atoms. The van der Waals surface area contributed by atoms with Crippen LogP contribution in [0.25, 0.3) is 0 Å². The molecule has 1 saturated heterocycles. The summed E-state index contributed by atoms with van der Waals surface area (Å²) < 4.78 is 5.31. The molecule has 2 fully saturated rings. The van der Waals surface area contributed by atoms with Crippen LogP contribution in [0.5, 0.6) is 0 Å². The minimum atomic E-state index is -0.433. The number of rotatable bonds is 0. The van der Waals surface area contributed by atoms with Gasteiger partial charge in [-0.1, -0.05) is 0 Å². The van der Waals surface area contributed by atoms with Gasteiger partial charge in [-0.25, -0.2) is 4.79 Å². The van der Waals surface area contributed by atoms with Crippen molar-refractivity contribution in [2.45, 2.75) is 51.4 Å². The zero-order valence-electron chi connectivity index (χ0n) is 9.56. The average molecular weight is 213 g/mol. The molecule has 1 heterocycles. The molecule has 2 rings (SSSR count). The molecule has 4 nitrogen and oxygen atoms in total. The van der Waals surface area contributed by atoms with Gasteiger partial charge in [0.15, 0.2) is 0 Å². The third-order valence-corrected chi connectivity index (χ3v) is 3.13. The lowest BCUT2D eigenvalue weighted by atomic mass is 10.1. The Balaban J connectivity index is 1.94. The first-order valence-electron chi connectivity index (χ1n) is 5.54. The zero-order chi connectivity index (χ0) is 11.2. The van der Waals surface area contributed by atoms with E-state index in [-0.39, 0.29) is 24.2 Å². The Labute approximate surface area is 90.2 Å². The summed E-state index contributed by atoms with van der Waals surface area (Å²) >= 11 is 0. The standard InChI is InChI=1S/C11H19NO3/c1-11(2,3)15-10(14)12-6-7-4-8(12)5-9(7)13/h7-9,13H,4-6H2,1-3H3/t7-,8-,9?/m1/s1. The highest BCUT2D eigenvalue weighted by atomic mass is 16.6. The molecule has 1 amide bonds. The van der Waals surface area contributed by atoms with Gasteiger partial charge in [0.25, 0.3) is 0 Å². The lowest BCUT2D eigenvalue weighted by Gasteiger charge is -2.31. The Kier molecular flexibility index (Phi) is 2.41. The number of amides is 1. The van der Waals surface area contributed by atoms with Gasteiger partial charge < -0.3 is 14.7 Å². The van der Waals surface area contributed by atoms with E-state index in [1.54, 1.807) is 4.90 Å². The number of aliphatic hydroxyl groups excluding tert-OH is 1. The maximum Gasteiger partial charge on any atom is 0.410 e. The van der Waals surface area contributed by atoms with Crippen molar-refractivity contribution in [3.63, 3.8) is 0 Å². The first-order valence-corrected chi connectivity index (χ1v) is 5.54. The highest BCUT2D eigenvalue weighted by Gasteiger charge is 2.46. The summed E-state index contributed by atoms with van der Waals surface area (Å²) in [5.41, 5.74) is -0.433. The molecule has 0 aromatic heterocycles. The molecule has 1 saturated carbocycles. The second kappa shape index (κ2) is 3.37. The van der Waals surface area contributed by atoms with Crippen LogP contribution in [0.3, 0.4) is 0 Å². The number of likely N-dealkylation sites (tertiary alicyclic amines) is 1. The van der Waals surface area contributed by atoms with E-state index in [1.807, 2.05) is 20.8 Å². The molecule has 86 valence electrons. The van der Waals surface area contributed by atoms with E-state index in [0.29, 0.717) is 13.0 Å². The fourth-order valence-electron chi connectivity index (χ4n) is 2.47. The van der Waals surface area contributed by atoms with Crippen molar-refractivity contribution in [1.29, 1.82) is 0 Å². The molecular weight excluding hydrogens is 194 g/mol. The van der Waals surface area contributed by atoms with Crippen molar-refractivity contribution in [2.24, 2.45) is 5.92 Å². The summed E-state index contributed by atoms with van der Waals surface area (Å²) in [6, 6.07) is 0.194. The van der Waals surface area contributed by atoms with Crippen molar-refractivity contribution < 1.29 is 14.6 Å². The first-order chi connectivity index (χ1) is 6.87. The Hall–Kier alpha value is -0.770. The molecule has 2 bridgehead atoms. The molecular formula is C11H19NO3. The van der Waals surface area contributed by atoms with Crippen molar-refractivity contribution in [2.75, 3.05) is 6.54 Å². The maximum atomic E-state index is 11.8. The van der Waals surface area contributed by atoms with Crippen LogP contribution in [0.4, 0.5) is 4.79 Å². The van der Waals surface area contributed by atoms with Gasteiger partial charge in [0.2, 0.25) is 0 Å². The summed E-state index contributed by atoms with van der Waals surface area (Å²) in [6.45, 7) is 6.26. The normalized spacial score (nSPS) is 34.7. The second-order valence-electron chi connectivity index (χ2n) is 5.59. The fourth-order valence-corrected chi connectivity index (χ4v) is 2.47. The van der Waals surface area contributed by atoms with Gasteiger partial charge in [-0.3, -0.25) is 0 Å². The van der Waals surface area contributed by atoms with Gasteiger partial charge in [0.1, 0.15) is 5.60 Å². The zero-order valence-corrected chi connectivity index (χ0v) is 9.56. The van der Waals surface area contributed by atoms with E-state index in [2.05, 4.69) is 0 Å². The molecule has 3 atom stereocenters. The molecule has 0 aromatic carbocycles. The summed E-state index contributed by atoms with van der Waals surface area (Å²) in [7, 11) is 0. The predicted molar refractivity (Wildman–Crippen MR) is 55.5 cm³/mol. The van der Waals surface area contributed by atoms with Crippen LogP contribution in [0.1, 0.15) is 33.6 Å². The Morgan fingerprint density at radius 3 is 2.47 bits per heavy atom. The lowest BCUT2D eigenvalue weighted by molar-refractivity contribution is 0.00788. The van der Waals surface area contributed by atoms with Crippen LogP contribution >= 0.6 is 0 Å². The molecule has 4 heteroatoms. The molecule has 0 aromatic rings. The number of fused-ring (bicyclic) bond motifs is 2. The quantitative estimate of drug-likeness (QED) is 0.661. The summed E-state index contributed by atoms with van der Waals surface area (Å²) in [4.78, 5) is 13.5. The van der Waals surface area contributed by atoms with Crippen LogP contribution < -0.4 is 0 Å². The van der Waals surface area contributed by atoms with Gasteiger partial charge in [0.05, 0.1) is 6.10 Å². The minimum Gasteiger partial charge on any atom is -0.444 e. The third kappa shape index (κ3) is 2.09. The van der Waals surface area contributed by atoms with Gasteiger partial charge in [0, 0.05) is 18.5 Å².